The van der Waals surface area contributed by atoms with Gasteiger partial charge in [0.2, 0.25) is 0 Å². The summed E-state index contributed by atoms with van der Waals surface area (Å²) in [6, 6.07) is 7.52. The summed E-state index contributed by atoms with van der Waals surface area (Å²) in [5.74, 6) is 0. The van der Waals surface area contributed by atoms with Crippen LogP contribution in [0.5, 0.6) is 0 Å². The summed E-state index contributed by atoms with van der Waals surface area (Å²) < 4.78 is 10.3. The summed E-state index contributed by atoms with van der Waals surface area (Å²) in [4.78, 5) is 11.8. The molecule has 0 saturated heterocycles. The maximum absolute atomic E-state index is 11.8. The molecule has 1 atom stereocenters. The monoisotopic (exact) mass is 280 g/mol. The first-order valence-corrected chi connectivity index (χ1v) is 6.63. The van der Waals surface area contributed by atoms with Crippen molar-refractivity contribution in [3.63, 3.8) is 0 Å². The Labute approximate surface area is 120 Å². The maximum Gasteiger partial charge on any atom is 0.408 e. The van der Waals surface area contributed by atoms with Crippen LogP contribution in [0, 0.1) is 0 Å². The normalized spacial score (nSPS) is 12.8. The van der Waals surface area contributed by atoms with Crippen LogP contribution in [-0.4, -0.2) is 25.3 Å². The van der Waals surface area contributed by atoms with Crippen molar-refractivity contribution >= 4 is 6.09 Å². The number of nitrogens with one attached hydrogen (secondary N) is 1. The van der Waals surface area contributed by atoms with Crippen molar-refractivity contribution in [2.24, 2.45) is 5.73 Å². The second-order valence-corrected chi connectivity index (χ2v) is 5.61. The molecule has 1 amide bonds. The molecule has 3 N–H and O–H groups in total. The molecule has 0 fully saturated rings. The van der Waals surface area contributed by atoms with Gasteiger partial charge in [-0.1, -0.05) is 24.3 Å². The zero-order valence-corrected chi connectivity index (χ0v) is 12.6. The molecule has 112 valence electrons. The molecule has 1 aromatic rings. The largest absolute Gasteiger partial charge is 0.444 e. The highest BCUT2D eigenvalue weighted by Crippen LogP contribution is 2.15. The standard InChI is InChI=1S/C15H24N2O3/c1-15(2,3)20-14(18)17-13(9-16)12-7-5-11(6-8-12)10-19-4/h5-8,13H,9-10,16H2,1-4H3,(H,17,18). The Morgan fingerprint density at radius 3 is 2.35 bits per heavy atom. The van der Waals surface area contributed by atoms with E-state index in [1.54, 1.807) is 7.11 Å². The highest BCUT2D eigenvalue weighted by Gasteiger charge is 2.19. The third-order valence-electron chi connectivity index (χ3n) is 2.62. The molecule has 5 heteroatoms. The fraction of sp³-hybridized carbons (Fsp3) is 0.533. The minimum Gasteiger partial charge on any atom is -0.444 e. The van der Waals surface area contributed by atoms with Gasteiger partial charge in [-0.25, -0.2) is 4.79 Å². The van der Waals surface area contributed by atoms with Crippen molar-refractivity contribution in [3.8, 4) is 0 Å². The minimum absolute atomic E-state index is 0.263. The van der Waals surface area contributed by atoms with Crippen molar-refractivity contribution in [2.75, 3.05) is 13.7 Å². The Morgan fingerprint density at radius 1 is 1.30 bits per heavy atom. The molecule has 1 rings (SSSR count). The average Bonchev–Trinajstić information content (AvgIpc) is 2.35. The van der Waals surface area contributed by atoms with E-state index in [1.807, 2.05) is 45.0 Å². The van der Waals surface area contributed by atoms with E-state index >= 15 is 0 Å². The molecule has 0 radical (unpaired) electrons. The summed E-state index contributed by atoms with van der Waals surface area (Å²) >= 11 is 0. The first-order chi connectivity index (χ1) is 9.35. The number of rotatable bonds is 5. The SMILES string of the molecule is COCc1ccc(C(CN)NC(=O)OC(C)(C)C)cc1. The van der Waals surface area contributed by atoms with E-state index in [9.17, 15) is 4.79 Å². The molecule has 1 unspecified atom stereocenters. The van der Waals surface area contributed by atoms with Crippen molar-refractivity contribution < 1.29 is 14.3 Å². The molecular formula is C15H24N2O3. The van der Waals surface area contributed by atoms with Gasteiger partial charge < -0.3 is 20.5 Å². The Hall–Kier alpha value is -1.59. The number of alkyl carbamates (subject to hydrolysis) is 1. The summed E-state index contributed by atoms with van der Waals surface area (Å²) in [6.45, 7) is 6.34. The van der Waals surface area contributed by atoms with Crippen LogP contribution in [0.4, 0.5) is 4.79 Å². The predicted octanol–water partition coefficient (Wildman–Crippen LogP) is 2.36. The lowest BCUT2D eigenvalue weighted by Gasteiger charge is -2.23. The fourth-order valence-corrected chi connectivity index (χ4v) is 1.74. The molecule has 1 aromatic carbocycles. The van der Waals surface area contributed by atoms with E-state index in [1.165, 1.54) is 0 Å². The van der Waals surface area contributed by atoms with Gasteiger partial charge in [-0.15, -0.1) is 0 Å². The Balaban J connectivity index is 2.68. The minimum atomic E-state index is -0.522. The van der Waals surface area contributed by atoms with Crippen LogP contribution >= 0.6 is 0 Å². The number of hydrogen-bond donors (Lipinski definition) is 2. The molecule has 0 bridgehead atoms. The molecular weight excluding hydrogens is 256 g/mol. The fourth-order valence-electron chi connectivity index (χ4n) is 1.74. The lowest BCUT2D eigenvalue weighted by molar-refractivity contribution is 0.0505. The van der Waals surface area contributed by atoms with Gasteiger partial charge in [0, 0.05) is 13.7 Å². The van der Waals surface area contributed by atoms with Gasteiger partial charge in [0.1, 0.15) is 5.60 Å². The number of methoxy groups -OCH3 is 1. The summed E-state index contributed by atoms with van der Waals surface area (Å²) in [5, 5.41) is 2.77. The predicted molar refractivity (Wildman–Crippen MR) is 78.3 cm³/mol. The molecule has 0 aliphatic carbocycles. The van der Waals surface area contributed by atoms with Crippen LogP contribution in [0.1, 0.15) is 37.9 Å². The molecule has 0 aliphatic heterocycles. The van der Waals surface area contributed by atoms with E-state index in [4.69, 9.17) is 15.2 Å². The van der Waals surface area contributed by atoms with E-state index in [0.29, 0.717) is 13.2 Å². The zero-order valence-electron chi connectivity index (χ0n) is 12.6. The van der Waals surface area contributed by atoms with Gasteiger partial charge in [-0.2, -0.15) is 0 Å². The first-order valence-electron chi connectivity index (χ1n) is 6.63. The number of nitrogens with two attached hydrogens (primary N) is 1. The van der Waals surface area contributed by atoms with Crippen molar-refractivity contribution in [2.45, 2.75) is 39.0 Å². The number of benzene rings is 1. The van der Waals surface area contributed by atoms with Crippen LogP contribution in [-0.2, 0) is 16.1 Å². The van der Waals surface area contributed by atoms with Gasteiger partial charge in [0.05, 0.1) is 12.6 Å². The van der Waals surface area contributed by atoms with Crippen LogP contribution < -0.4 is 11.1 Å². The summed E-state index contributed by atoms with van der Waals surface area (Å²) in [6.07, 6.45) is -0.464. The van der Waals surface area contributed by atoms with Crippen molar-refractivity contribution in [1.82, 2.24) is 5.32 Å². The molecule has 0 spiro atoms. The molecule has 0 aromatic heterocycles. The van der Waals surface area contributed by atoms with Gasteiger partial charge in [0.15, 0.2) is 0 Å². The molecule has 0 saturated carbocycles. The lowest BCUT2D eigenvalue weighted by atomic mass is 10.1. The second kappa shape index (κ2) is 7.26. The molecule has 5 nitrogen and oxygen atoms in total. The topological polar surface area (TPSA) is 73.6 Å². The molecule has 0 aliphatic rings. The molecule has 0 heterocycles. The smallest absolute Gasteiger partial charge is 0.408 e. The Morgan fingerprint density at radius 2 is 1.90 bits per heavy atom. The maximum atomic E-state index is 11.8. The van der Waals surface area contributed by atoms with E-state index in [0.717, 1.165) is 11.1 Å². The summed E-state index contributed by atoms with van der Waals surface area (Å²) in [7, 11) is 1.65. The summed E-state index contributed by atoms with van der Waals surface area (Å²) in [5.41, 5.74) is 7.21. The van der Waals surface area contributed by atoms with E-state index < -0.39 is 11.7 Å². The average molecular weight is 280 g/mol. The number of carbonyl (C=O) groups is 1. The Bertz CT molecular complexity index is 424. The lowest BCUT2D eigenvalue weighted by Crippen LogP contribution is -2.37. The highest BCUT2D eigenvalue weighted by atomic mass is 16.6. The number of amides is 1. The van der Waals surface area contributed by atoms with Crippen molar-refractivity contribution in [1.29, 1.82) is 0 Å². The van der Waals surface area contributed by atoms with Gasteiger partial charge >= 0.3 is 6.09 Å². The van der Waals surface area contributed by atoms with Gasteiger partial charge in [0.25, 0.3) is 0 Å². The number of carbonyl (C=O) groups excluding carboxylic acids is 1. The van der Waals surface area contributed by atoms with E-state index in [-0.39, 0.29) is 6.04 Å². The van der Waals surface area contributed by atoms with E-state index in [2.05, 4.69) is 5.32 Å². The highest BCUT2D eigenvalue weighted by molar-refractivity contribution is 5.68. The third kappa shape index (κ3) is 5.59. The number of hydrogen-bond acceptors (Lipinski definition) is 4. The Kier molecular flexibility index (Phi) is 5.98. The third-order valence-corrected chi connectivity index (χ3v) is 2.62. The van der Waals surface area contributed by atoms with Crippen LogP contribution in [0.25, 0.3) is 0 Å². The van der Waals surface area contributed by atoms with Crippen LogP contribution in [0.15, 0.2) is 24.3 Å². The van der Waals surface area contributed by atoms with Crippen LogP contribution in [0.3, 0.4) is 0 Å². The first kappa shape index (κ1) is 16.5. The van der Waals surface area contributed by atoms with Crippen molar-refractivity contribution in [3.05, 3.63) is 35.4 Å². The quantitative estimate of drug-likeness (QED) is 0.868. The number of ether oxygens (including phenoxy) is 2. The zero-order chi connectivity index (χ0) is 15.2. The molecule has 20 heavy (non-hydrogen) atoms. The second-order valence-electron chi connectivity index (χ2n) is 5.61. The van der Waals surface area contributed by atoms with Crippen LogP contribution in [0.2, 0.25) is 0 Å². The van der Waals surface area contributed by atoms with Gasteiger partial charge in [-0.05, 0) is 31.9 Å². The van der Waals surface area contributed by atoms with Gasteiger partial charge in [-0.3, -0.25) is 0 Å².